The molecule has 3 heterocycles. The van der Waals surface area contributed by atoms with Crippen LogP contribution in [0.2, 0.25) is 10.0 Å². The molecule has 1 saturated heterocycles. The minimum atomic E-state index is -0.800. The third-order valence-corrected chi connectivity index (χ3v) is 8.38. The molecule has 1 aliphatic heterocycles. The number of nitrogens with zero attached hydrogens (tertiary/aromatic N) is 3. The van der Waals surface area contributed by atoms with Crippen molar-refractivity contribution < 1.29 is 19.1 Å². The Balaban J connectivity index is 1.46. The van der Waals surface area contributed by atoms with E-state index >= 15 is 0 Å². The number of benzene rings is 2. The van der Waals surface area contributed by atoms with E-state index in [4.69, 9.17) is 54.1 Å². The molecule has 248 valence electrons. The van der Waals surface area contributed by atoms with Gasteiger partial charge >= 0.3 is 0 Å². The van der Waals surface area contributed by atoms with Gasteiger partial charge in [0.25, 0.3) is 5.91 Å². The second kappa shape index (κ2) is 16.2. The fourth-order valence-corrected chi connectivity index (χ4v) is 5.66. The van der Waals surface area contributed by atoms with Crippen molar-refractivity contribution in [3.05, 3.63) is 87.8 Å². The van der Waals surface area contributed by atoms with E-state index in [-0.39, 0.29) is 31.0 Å². The zero-order valence-electron chi connectivity index (χ0n) is 26.0. The normalized spacial score (nSPS) is 14.4. The smallest absolute Gasteiger partial charge is 0.268 e. The molecule has 47 heavy (non-hydrogen) atoms. The highest BCUT2D eigenvalue weighted by Crippen LogP contribution is 2.34. The first-order valence-corrected chi connectivity index (χ1v) is 16.0. The Morgan fingerprint density at radius 3 is 2.68 bits per heavy atom. The SMILES string of the molecule is COCC(N)C(=O)NCc1cc(-c2cnc(N3CCOCC3)nc2-c2c[nH]c(C(=O)NC(CCN)c3cccc(Cl)c3)c2)ccc1Cl. The Morgan fingerprint density at radius 2 is 1.94 bits per heavy atom. The van der Waals surface area contributed by atoms with Crippen LogP contribution in [0, 0.1) is 0 Å². The van der Waals surface area contributed by atoms with Crippen molar-refractivity contribution in [2.75, 3.05) is 51.5 Å². The minimum absolute atomic E-state index is 0.0980. The van der Waals surface area contributed by atoms with Crippen molar-refractivity contribution >= 4 is 41.0 Å². The Labute approximate surface area is 283 Å². The van der Waals surface area contributed by atoms with Gasteiger partial charge in [0.15, 0.2) is 0 Å². The van der Waals surface area contributed by atoms with Gasteiger partial charge in [-0.25, -0.2) is 9.97 Å². The number of methoxy groups -OCH3 is 1. The molecule has 2 aromatic heterocycles. The van der Waals surface area contributed by atoms with E-state index in [2.05, 4.69) is 20.5 Å². The molecule has 2 unspecified atom stereocenters. The highest BCUT2D eigenvalue weighted by atomic mass is 35.5. The molecule has 0 radical (unpaired) electrons. The van der Waals surface area contributed by atoms with Gasteiger partial charge in [-0.3, -0.25) is 9.59 Å². The van der Waals surface area contributed by atoms with Crippen LogP contribution in [-0.2, 0) is 20.8 Å². The average molecular weight is 682 g/mol. The number of nitrogens with two attached hydrogens (primary N) is 2. The zero-order chi connectivity index (χ0) is 33.3. The molecule has 1 fully saturated rings. The van der Waals surface area contributed by atoms with Crippen LogP contribution in [0.1, 0.15) is 34.1 Å². The van der Waals surface area contributed by atoms with Gasteiger partial charge in [-0.1, -0.05) is 41.4 Å². The number of hydrogen-bond acceptors (Lipinski definition) is 9. The number of amides is 2. The predicted molar refractivity (Wildman–Crippen MR) is 182 cm³/mol. The van der Waals surface area contributed by atoms with Crippen LogP contribution in [0.3, 0.4) is 0 Å². The van der Waals surface area contributed by atoms with Gasteiger partial charge in [-0.05, 0) is 60.0 Å². The summed E-state index contributed by atoms with van der Waals surface area (Å²) in [5, 5.41) is 6.95. The first-order valence-electron chi connectivity index (χ1n) is 15.2. The fraction of sp³-hybridized carbons (Fsp3) is 0.333. The number of ether oxygens (including phenoxy) is 2. The lowest BCUT2D eigenvalue weighted by molar-refractivity contribution is -0.123. The molecule has 12 nitrogen and oxygen atoms in total. The lowest BCUT2D eigenvalue weighted by Gasteiger charge is -2.27. The summed E-state index contributed by atoms with van der Waals surface area (Å²) in [6.45, 7) is 3.10. The van der Waals surface area contributed by atoms with Crippen molar-refractivity contribution in [1.82, 2.24) is 25.6 Å². The van der Waals surface area contributed by atoms with E-state index in [0.717, 1.165) is 11.1 Å². The Morgan fingerprint density at radius 1 is 1.13 bits per heavy atom. The summed E-state index contributed by atoms with van der Waals surface area (Å²) in [5.41, 5.74) is 16.4. The summed E-state index contributed by atoms with van der Waals surface area (Å²) in [6.07, 6.45) is 4.04. The van der Waals surface area contributed by atoms with Gasteiger partial charge in [0.2, 0.25) is 11.9 Å². The maximum absolute atomic E-state index is 13.5. The number of carbonyl (C=O) groups is 2. The molecule has 7 N–H and O–H groups in total. The molecule has 0 bridgehead atoms. The fourth-order valence-electron chi connectivity index (χ4n) is 5.28. The molecule has 2 amide bonds. The largest absolute Gasteiger partial charge is 0.383 e. The summed E-state index contributed by atoms with van der Waals surface area (Å²) in [6, 6.07) is 13.5. The van der Waals surface area contributed by atoms with Gasteiger partial charge in [0, 0.05) is 60.3 Å². The molecule has 5 rings (SSSR count). The summed E-state index contributed by atoms with van der Waals surface area (Å²) in [4.78, 5) is 40.7. The Hall–Kier alpha value is -4.04. The van der Waals surface area contributed by atoms with E-state index < -0.39 is 6.04 Å². The highest BCUT2D eigenvalue weighted by Gasteiger charge is 2.22. The number of hydrogen-bond donors (Lipinski definition) is 5. The third kappa shape index (κ3) is 8.66. The molecule has 1 aliphatic rings. The maximum atomic E-state index is 13.5. The van der Waals surface area contributed by atoms with Crippen LogP contribution >= 0.6 is 23.2 Å². The van der Waals surface area contributed by atoms with E-state index in [0.29, 0.717) is 83.3 Å². The molecule has 2 aromatic carbocycles. The van der Waals surface area contributed by atoms with Gasteiger partial charge < -0.3 is 41.5 Å². The van der Waals surface area contributed by atoms with Crippen molar-refractivity contribution in [1.29, 1.82) is 0 Å². The molecule has 2 atom stereocenters. The number of morpholine rings is 1. The number of nitrogens with one attached hydrogen (secondary N) is 3. The quantitative estimate of drug-likeness (QED) is 0.141. The molecular weight excluding hydrogens is 643 g/mol. The number of H-pyrrole nitrogens is 1. The zero-order valence-corrected chi connectivity index (χ0v) is 27.5. The Bertz CT molecular complexity index is 1690. The summed E-state index contributed by atoms with van der Waals surface area (Å²) < 4.78 is 10.5. The van der Waals surface area contributed by atoms with E-state index in [9.17, 15) is 9.59 Å². The molecule has 4 aromatic rings. The Kier molecular flexibility index (Phi) is 11.8. The van der Waals surface area contributed by atoms with Crippen molar-refractivity contribution in [3.63, 3.8) is 0 Å². The van der Waals surface area contributed by atoms with Crippen LogP contribution in [0.5, 0.6) is 0 Å². The van der Waals surface area contributed by atoms with Gasteiger partial charge in [0.1, 0.15) is 11.7 Å². The summed E-state index contributed by atoms with van der Waals surface area (Å²) in [5.74, 6) is -0.0962. The molecule has 0 aliphatic carbocycles. The molecular formula is C33H38Cl2N8O4. The molecule has 0 spiro atoms. The maximum Gasteiger partial charge on any atom is 0.268 e. The lowest BCUT2D eigenvalue weighted by atomic mass is 10.00. The number of halogens is 2. The minimum Gasteiger partial charge on any atom is -0.383 e. The number of carbonyl (C=O) groups excluding carboxylic acids is 2. The molecule has 0 saturated carbocycles. The van der Waals surface area contributed by atoms with Crippen LogP contribution in [0.25, 0.3) is 22.4 Å². The lowest BCUT2D eigenvalue weighted by Crippen LogP contribution is -2.43. The third-order valence-electron chi connectivity index (χ3n) is 7.78. The van der Waals surface area contributed by atoms with E-state index in [1.807, 2.05) is 30.3 Å². The second-order valence-corrected chi connectivity index (χ2v) is 11.9. The molecule has 14 heteroatoms. The number of aromatic amines is 1. The first-order chi connectivity index (χ1) is 22.8. The topological polar surface area (TPSA) is 174 Å². The summed E-state index contributed by atoms with van der Waals surface area (Å²) in [7, 11) is 1.48. The van der Waals surface area contributed by atoms with Crippen molar-refractivity contribution in [2.24, 2.45) is 11.5 Å². The standard InChI is InChI=1S/C33H38Cl2N8O4/c1-46-19-27(37)31(44)39-16-22-13-20(5-6-26(22)35)25-18-40-33(43-9-11-47-12-10-43)42-30(25)23-15-29(38-17-23)32(45)41-28(7-8-36)21-3-2-4-24(34)14-21/h2-6,13-15,17-18,27-28,38H,7-12,16,19,36-37H2,1H3,(H,39,44)(H,41,45). The van der Waals surface area contributed by atoms with Crippen LogP contribution in [0.15, 0.2) is 60.9 Å². The average Bonchev–Trinajstić information content (AvgIpc) is 3.58. The van der Waals surface area contributed by atoms with Crippen LogP contribution in [0.4, 0.5) is 5.95 Å². The van der Waals surface area contributed by atoms with E-state index in [1.165, 1.54) is 7.11 Å². The number of rotatable bonds is 13. The predicted octanol–water partition coefficient (Wildman–Crippen LogP) is 3.69. The van der Waals surface area contributed by atoms with Crippen LogP contribution in [-0.4, -0.2) is 79.4 Å². The van der Waals surface area contributed by atoms with Crippen molar-refractivity contribution in [3.8, 4) is 22.4 Å². The number of aromatic nitrogens is 3. The highest BCUT2D eigenvalue weighted by molar-refractivity contribution is 6.31. The van der Waals surface area contributed by atoms with Gasteiger partial charge in [-0.2, -0.15) is 0 Å². The first kappa shape index (κ1) is 34.3. The van der Waals surface area contributed by atoms with Gasteiger partial charge in [0.05, 0.1) is 31.6 Å². The van der Waals surface area contributed by atoms with E-state index in [1.54, 1.807) is 30.6 Å². The summed E-state index contributed by atoms with van der Waals surface area (Å²) >= 11 is 12.7. The van der Waals surface area contributed by atoms with Gasteiger partial charge in [-0.15, -0.1) is 0 Å². The number of anilines is 1. The van der Waals surface area contributed by atoms with Crippen molar-refractivity contribution in [2.45, 2.75) is 25.0 Å². The van der Waals surface area contributed by atoms with Crippen LogP contribution < -0.4 is 27.0 Å². The second-order valence-electron chi connectivity index (χ2n) is 11.1. The monoisotopic (exact) mass is 680 g/mol.